The molecule has 0 unspecified atom stereocenters. The highest BCUT2D eigenvalue weighted by molar-refractivity contribution is 5.94. The summed E-state index contributed by atoms with van der Waals surface area (Å²) >= 11 is 0. The molecular formula is C16H22ClF4N3O2. The quantitative estimate of drug-likeness (QED) is 0.716. The lowest BCUT2D eigenvalue weighted by molar-refractivity contribution is -0.148. The second-order valence-corrected chi connectivity index (χ2v) is 6.03. The van der Waals surface area contributed by atoms with Gasteiger partial charge in [-0.15, -0.1) is 12.4 Å². The van der Waals surface area contributed by atoms with Crippen LogP contribution in [0.15, 0.2) is 18.3 Å². The second kappa shape index (κ2) is 9.91. The molecule has 26 heavy (non-hydrogen) atoms. The largest absolute Gasteiger partial charge is 0.471 e. The molecule has 1 fully saturated rings. The van der Waals surface area contributed by atoms with E-state index < -0.39 is 19.0 Å². The van der Waals surface area contributed by atoms with Crippen LogP contribution in [-0.4, -0.2) is 61.4 Å². The number of halogens is 5. The van der Waals surface area contributed by atoms with Crippen LogP contribution in [0.3, 0.4) is 0 Å². The summed E-state index contributed by atoms with van der Waals surface area (Å²) in [7, 11) is 1.89. The highest BCUT2D eigenvalue weighted by Gasteiger charge is 2.41. The number of ether oxygens (including phenoxy) is 1. The number of nitrogens with zero attached hydrogens (tertiary/aromatic N) is 2. The van der Waals surface area contributed by atoms with Gasteiger partial charge in [0.25, 0.3) is 5.91 Å². The topological polar surface area (TPSA) is 54.5 Å². The Kier molecular flexibility index (Phi) is 8.55. The molecule has 2 heterocycles. The van der Waals surface area contributed by atoms with Crippen LogP contribution in [-0.2, 0) is 0 Å². The summed E-state index contributed by atoms with van der Waals surface area (Å²) in [4.78, 5) is 17.9. The summed E-state index contributed by atoms with van der Waals surface area (Å²) in [6.45, 7) is 0.733. The van der Waals surface area contributed by atoms with Crippen molar-refractivity contribution in [1.29, 1.82) is 0 Å². The van der Waals surface area contributed by atoms with Gasteiger partial charge in [-0.2, -0.15) is 8.78 Å². The first-order valence-electron chi connectivity index (χ1n) is 8.02. The van der Waals surface area contributed by atoms with Gasteiger partial charge >= 0.3 is 12.3 Å². The van der Waals surface area contributed by atoms with Gasteiger partial charge < -0.3 is 15.0 Å². The number of hydrogen-bond acceptors (Lipinski definition) is 4. The number of likely N-dealkylation sites (tertiary alicyclic amines) is 1. The molecule has 1 saturated heterocycles. The summed E-state index contributed by atoms with van der Waals surface area (Å²) in [5.41, 5.74) is 0.306. The minimum atomic E-state index is -4.24. The summed E-state index contributed by atoms with van der Waals surface area (Å²) in [6, 6.07) is 2.62. The van der Waals surface area contributed by atoms with E-state index in [1.807, 2.05) is 7.05 Å². The van der Waals surface area contributed by atoms with Crippen molar-refractivity contribution in [2.75, 3.05) is 33.3 Å². The highest BCUT2D eigenvalue weighted by atomic mass is 35.5. The number of nitrogens with one attached hydrogen (secondary N) is 1. The summed E-state index contributed by atoms with van der Waals surface area (Å²) < 4.78 is 54.3. The third kappa shape index (κ3) is 5.98. The van der Waals surface area contributed by atoms with E-state index in [1.165, 1.54) is 18.3 Å². The minimum Gasteiger partial charge on any atom is -0.471 e. The number of amides is 1. The van der Waals surface area contributed by atoms with Gasteiger partial charge in [-0.25, -0.2) is 13.8 Å². The number of pyridine rings is 1. The number of alkyl halides is 4. The Morgan fingerprint density at radius 1 is 1.38 bits per heavy atom. The van der Waals surface area contributed by atoms with Crippen LogP contribution in [0.1, 0.15) is 23.2 Å². The summed E-state index contributed by atoms with van der Waals surface area (Å²) in [5, 5.41) is 3.12. The molecule has 0 bridgehead atoms. The van der Waals surface area contributed by atoms with Crippen molar-refractivity contribution >= 4 is 18.3 Å². The van der Waals surface area contributed by atoms with Crippen molar-refractivity contribution in [3.8, 4) is 5.88 Å². The van der Waals surface area contributed by atoms with Crippen LogP contribution >= 0.6 is 12.4 Å². The number of piperidine rings is 1. The highest BCUT2D eigenvalue weighted by Crippen LogP contribution is 2.24. The maximum absolute atomic E-state index is 12.8. The first-order valence-corrected chi connectivity index (χ1v) is 8.02. The third-order valence-corrected chi connectivity index (χ3v) is 4.11. The molecule has 0 aliphatic carbocycles. The van der Waals surface area contributed by atoms with Crippen LogP contribution in [0, 0.1) is 5.92 Å². The first-order chi connectivity index (χ1) is 11.8. The molecule has 0 spiro atoms. The van der Waals surface area contributed by atoms with Gasteiger partial charge in [-0.05, 0) is 38.4 Å². The molecule has 1 aliphatic rings. The third-order valence-electron chi connectivity index (χ3n) is 4.11. The molecule has 1 aromatic rings. The number of carbonyl (C=O) groups is 1. The van der Waals surface area contributed by atoms with Crippen LogP contribution in [0.5, 0.6) is 5.88 Å². The van der Waals surface area contributed by atoms with Crippen LogP contribution in [0.2, 0.25) is 0 Å². The zero-order valence-electron chi connectivity index (χ0n) is 14.3. The van der Waals surface area contributed by atoms with E-state index in [1.54, 1.807) is 4.90 Å². The molecular weight excluding hydrogens is 378 g/mol. The molecule has 1 aromatic heterocycles. The standard InChI is InChI=1S/C16H21F4N3O2.ClH/c1-21-8-11-4-6-23(7-5-11)14(24)12-2-3-13(22-9-12)25-10-16(19,20)15(17)18;/h2-3,9,11,15,21H,4-8,10H2,1H3;1H. The maximum atomic E-state index is 12.8. The smallest absolute Gasteiger partial charge is 0.340 e. The van der Waals surface area contributed by atoms with E-state index >= 15 is 0 Å². The molecule has 10 heteroatoms. The number of rotatable bonds is 7. The van der Waals surface area contributed by atoms with Crippen LogP contribution < -0.4 is 10.1 Å². The number of hydrogen-bond donors (Lipinski definition) is 1. The summed E-state index contributed by atoms with van der Waals surface area (Å²) in [5.74, 6) is -4.13. The average Bonchev–Trinajstić information content (AvgIpc) is 2.61. The van der Waals surface area contributed by atoms with Crippen molar-refractivity contribution < 1.29 is 27.1 Å². The van der Waals surface area contributed by atoms with Crippen molar-refractivity contribution in [2.45, 2.75) is 25.2 Å². The van der Waals surface area contributed by atoms with E-state index in [4.69, 9.17) is 0 Å². The van der Waals surface area contributed by atoms with Crippen molar-refractivity contribution in [1.82, 2.24) is 15.2 Å². The first kappa shape index (κ1) is 22.4. The van der Waals surface area contributed by atoms with Crippen LogP contribution in [0.4, 0.5) is 17.6 Å². The normalized spacial score (nSPS) is 15.7. The van der Waals surface area contributed by atoms with Gasteiger partial charge in [0.05, 0.1) is 5.56 Å². The van der Waals surface area contributed by atoms with E-state index in [0.717, 1.165) is 19.4 Å². The fourth-order valence-electron chi connectivity index (χ4n) is 2.64. The molecule has 0 radical (unpaired) electrons. The van der Waals surface area contributed by atoms with Gasteiger partial charge in [0.1, 0.15) is 0 Å². The van der Waals surface area contributed by atoms with Crippen molar-refractivity contribution in [3.63, 3.8) is 0 Å². The predicted octanol–water partition coefficient (Wildman–Crippen LogP) is 2.85. The molecule has 2 rings (SSSR count). The van der Waals surface area contributed by atoms with E-state index in [0.29, 0.717) is 24.6 Å². The molecule has 0 aromatic carbocycles. The zero-order valence-corrected chi connectivity index (χ0v) is 15.1. The fraction of sp³-hybridized carbons (Fsp3) is 0.625. The molecule has 1 N–H and O–H groups in total. The average molecular weight is 400 g/mol. The molecule has 148 valence electrons. The van der Waals surface area contributed by atoms with Crippen molar-refractivity contribution in [2.24, 2.45) is 5.92 Å². The Labute approximate surface area is 155 Å². The lowest BCUT2D eigenvalue weighted by Gasteiger charge is -2.32. The lowest BCUT2D eigenvalue weighted by atomic mass is 9.96. The Balaban J connectivity index is 0.00000338. The Morgan fingerprint density at radius 3 is 2.54 bits per heavy atom. The molecule has 0 atom stereocenters. The van der Waals surface area contributed by atoms with E-state index in [-0.39, 0.29) is 24.2 Å². The number of carbonyl (C=O) groups excluding carboxylic acids is 1. The van der Waals surface area contributed by atoms with Gasteiger partial charge in [0, 0.05) is 25.4 Å². The Hall–Kier alpha value is -1.61. The van der Waals surface area contributed by atoms with Crippen molar-refractivity contribution in [3.05, 3.63) is 23.9 Å². The Bertz CT molecular complexity index is 567. The van der Waals surface area contributed by atoms with Crippen LogP contribution in [0.25, 0.3) is 0 Å². The monoisotopic (exact) mass is 399 g/mol. The SMILES string of the molecule is CNCC1CCN(C(=O)c2ccc(OCC(F)(F)C(F)F)nc2)CC1.Cl. The van der Waals surface area contributed by atoms with E-state index in [2.05, 4.69) is 15.0 Å². The second-order valence-electron chi connectivity index (χ2n) is 6.03. The minimum absolute atomic E-state index is 0. The Morgan fingerprint density at radius 2 is 2.04 bits per heavy atom. The molecule has 0 saturated carbocycles. The zero-order chi connectivity index (χ0) is 18.4. The van der Waals surface area contributed by atoms with Gasteiger partial charge in [-0.3, -0.25) is 4.79 Å². The lowest BCUT2D eigenvalue weighted by Crippen LogP contribution is -2.40. The van der Waals surface area contributed by atoms with Gasteiger partial charge in [-0.1, -0.05) is 0 Å². The summed E-state index contributed by atoms with van der Waals surface area (Å²) in [6.07, 6.45) is -0.787. The van der Waals surface area contributed by atoms with Gasteiger partial charge in [0.15, 0.2) is 6.61 Å². The number of aromatic nitrogens is 1. The van der Waals surface area contributed by atoms with Gasteiger partial charge in [0.2, 0.25) is 5.88 Å². The molecule has 5 nitrogen and oxygen atoms in total. The molecule has 1 aliphatic heterocycles. The fourth-order valence-corrected chi connectivity index (χ4v) is 2.64. The predicted molar refractivity (Wildman–Crippen MR) is 90.5 cm³/mol. The van der Waals surface area contributed by atoms with E-state index in [9.17, 15) is 22.4 Å². The molecule has 1 amide bonds. The maximum Gasteiger partial charge on any atom is 0.340 e.